The van der Waals surface area contributed by atoms with Gasteiger partial charge in [0.05, 0.1) is 12.0 Å². The Morgan fingerprint density at radius 2 is 2.11 bits per heavy atom. The number of benzene rings is 1. The minimum absolute atomic E-state index is 0.121. The Hall–Kier alpha value is -2.08. The summed E-state index contributed by atoms with van der Waals surface area (Å²) in [6.07, 6.45) is 1.49. The number of fused-ring (bicyclic) bond motifs is 1. The van der Waals surface area contributed by atoms with Crippen LogP contribution < -0.4 is 5.56 Å². The molecule has 0 saturated heterocycles. The molecule has 0 spiro atoms. The van der Waals surface area contributed by atoms with Crippen LogP contribution in [-0.4, -0.2) is 25.3 Å². The predicted octanol–water partition coefficient (Wildman–Crippen LogP) is 2.22. The second-order valence-corrected chi connectivity index (χ2v) is 5.14. The lowest BCUT2D eigenvalue weighted by molar-refractivity contribution is 0.816. The number of hydrogen-bond acceptors (Lipinski definition) is 4. The van der Waals surface area contributed by atoms with Gasteiger partial charge in [0.15, 0.2) is 16.3 Å². The third kappa shape index (κ3) is 2.04. The fraction of sp³-hybridized carbons (Fsp3) is 0.154. The molecule has 0 fully saturated rings. The van der Waals surface area contributed by atoms with Crippen LogP contribution in [-0.2, 0) is 0 Å². The maximum atomic E-state index is 12.5. The number of para-hydroxylation sites is 1. The van der Waals surface area contributed by atoms with Gasteiger partial charge in [0, 0.05) is 0 Å². The molecule has 2 aromatic heterocycles. The molecular weight excluding hydrogens is 260 g/mol. The van der Waals surface area contributed by atoms with Gasteiger partial charge in [-0.05, 0) is 17.9 Å². The molecule has 0 atom stereocenters. The highest BCUT2D eigenvalue weighted by molar-refractivity contribution is 7.99. The average molecular weight is 272 g/mol. The van der Waals surface area contributed by atoms with E-state index in [0.717, 1.165) is 11.4 Å². The van der Waals surface area contributed by atoms with Gasteiger partial charge in [0.2, 0.25) is 0 Å². The van der Waals surface area contributed by atoms with Crippen LogP contribution in [0.3, 0.4) is 0 Å². The van der Waals surface area contributed by atoms with Crippen molar-refractivity contribution in [3.63, 3.8) is 0 Å². The zero-order valence-electron chi connectivity index (χ0n) is 10.3. The van der Waals surface area contributed by atoms with Crippen LogP contribution in [0.4, 0.5) is 0 Å². The monoisotopic (exact) mass is 272 g/mol. The zero-order valence-corrected chi connectivity index (χ0v) is 11.1. The molecular formula is C13H12N4OS. The first-order chi connectivity index (χ1) is 9.31. The minimum Gasteiger partial charge on any atom is -0.339 e. The van der Waals surface area contributed by atoms with E-state index in [9.17, 15) is 4.79 Å². The Balaban J connectivity index is 2.34. The van der Waals surface area contributed by atoms with Gasteiger partial charge < -0.3 is 4.98 Å². The van der Waals surface area contributed by atoms with E-state index in [-0.39, 0.29) is 5.56 Å². The summed E-state index contributed by atoms with van der Waals surface area (Å²) in [5.74, 6) is 0.842. The summed E-state index contributed by atoms with van der Waals surface area (Å²) in [6.45, 7) is 2.03. The summed E-state index contributed by atoms with van der Waals surface area (Å²) in [5, 5.41) is 0.665. The van der Waals surface area contributed by atoms with Gasteiger partial charge in [-0.25, -0.2) is 9.97 Å². The first kappa shape index (κ1) is 12.0. The van der Waals surface area contributed by atoms with Crippen LogP contribution in [0.1, 0.15) is 6.92 Å². The molecule has 0 aliphatic heterocycles. The molecule has 1 N–H and O–H groups in total. The highest BCUT2D eigenvalue weighted by Gasteiger charge is 2.13. The van der Waals surface area contributed by atoms with E-state index in [1.165, 1.54) is 18.1 Å². The first-order valence-corrected chi connectivity index (χ1v) is 6.94. The van der Waals surface area contributed by atoms with Gasteiger partial charge in [-0.1, -0.05) is 36.9 Å². The van der Waals surface area contributed by atoms with Crippen LogP contribution in [0.2, 0.25) is 0 Å². The van der Waals surface area contributed by atoms with Crippen molar-refractivity contribution < 1.29 is 0 Å². The third-order valence-corrected chi connectivity index (χ3v) is 3.54. The lowest BCUT2D eigenvalue weighted by Crippen LogP contribution is -2.21. The average Bonchev–Trinajstić information content (AvgIpc) is 2.89. The molecule has 2 heterocycles. The Bertz CT molecular complexity index is 763. The molecule has 0 bridgehead atoms. The van der Waals surface area contributed by atoms with Crippen LogP contribution in [0.5, 0.6) is 0 Å². The fourth-order valence-corrected chi connectivity index (χ4v) is 2.63. The van der Waals surface area contributed by atoms with E-state index in [2.05, 4.69) is 15.0 Å². The van der Waals surface area contributed by atoms with Crippen molar-refractivity contribution in [3.8, 4) is 5.69 Å². The van der Waals surface area contributed by atoms with Crippen molar-refractivity contribution in [3.05, 3.63) is 47.0 Å². The third-order valence-electron chi connectivity index (χ3n) is 2.72. The molecule has 0 unspecified atom stereocenters. The Morgan fingerprint density at radius 3 is 2.84 bits per heavy atom. The summed E-state index contributed by atoms with van der Waals surface area (Å²) in [7, 11) is 0. The number of aromatic amines is 1. The van der Waals surface area contributed by atoms with E-state index in [0.29, 0.717) is 16.3 Å². The maximum Gasteiger partial charge on any atom is 0.284 e. The minimum atomic E-state index is -0.121. The number of imidazole rings is 1. The van der Waals surface area contributed by atoms with Gasteiger partial charge in [-0.3, -0.25) is 9.36 Å². The number of hydrogen-bond donors (Lipinski definition) is 1. The molecule has 0 saturated carbocycles. The largest absolute Gasteiger partial charge is 0.339 e. The standard InChI is InChI=1S/C13H12N4OS/c1-2-19-13-16-11-10(14-8-15-11)12(18)17(13)9-6-4-3-5-7-9/h3-8H,2H2,1H3,(H,14,15). The molecule has 3 aromatic rings. The molecule has 0 aliphatic carbocycles. The number of rotatable bonds is 3. The van der Waals surface area contributed by atoms with Gasteiger partial charge in [0.25, 0.3) is 5.56 Å². The summed E-state index contributed by atoms with van der Waals surface area (Å²) < 4.78 is 1.62. The quantitative estimate of drug-likeness (QED) is 0.586. The molecule has 1 aromatic carbocycles. The predicted molar refractivity (Wildman–Crippen MR) is 75.9 cm³/mol. The summed E-state index contributed by atoms with van der Waals surface area (Å²) in [5.41, 5.74) is 1.59. The van der Waals surface area contributed by atoms with Crippen molar-refractivity contribution >= 4 is 22.9 Å². The van der Waals surface area contributed by atoms with Crippen LogP contribution in [0.15, 0.2) is 46.6 Å². The molecule has 0 aliphatic rings. The van der Waals surface area contributed by atoms with Crippen molar-refractivity contribution in [2.45, 2.75) is 12.1 Å². The van der Waals surface area contributed by atoms with E-state index < -0.39 is 0 Å². The van der Waals surface area contributed by atoms with Gasteiger partial charge >= 0.3 is 0 Å². The Morgan fingerprint density at radius 1 is 1.32 bits per heavy atom. The second kappa shape index (κ2) is 4.89. The van der Waals surface area contributed by atoms with Crippen molar-refractivity contribution in [1.82, 2.24) is 19.5 Å². The molecule has 96 valence electrons. The number of thioether (sulfide) groups is 1. The maximum absolute atomic E-state index is 12.5. The molecule has 5 nitrogen and oxygen atoms in total. The van der Waals surface area contributed by atoms with Crippen molar-refractivity contribution in [1.29, 1.82) is 0 Å². The molecule has 6 heteroatoms. The Labute approximate surface area is 113 Å². The molecule has 3 rings (SSSR count). The van der Waals surface area contributed by atoms with Crippen LogP contribution in [0.25, 0.3) is 16.9 Å². The van der Waals surface area contributed by atoms with Gasteiger partial charge in [0.1, 0.15) is 0 Å². The van der Waals surface area contributed by atoms with Gasteiger partial charge in [-0.15, -0.1) is 0 Å². The second-order valence-electron chi connectivity index (χ2n) is 3.90. The van der Waals surface area contributed by atoms with Crippen molar-refractivity contribution in [2.24, 2.45) is 0 Å². The molecule has 0 radical (unpaired) electrons. The van der Waals surface area contributed by atoms with E-state index in [1.807, 2.05) is 37.3 Å². The highest BCUT2D eigenvalue weighted by atomic mass is 32.2. The summed E-state index contributed by atoms with van der Waals surface area (Å²) >= 11 is 1.53. The van der Waals surface area contributed by atoms with Crippen LogP contribution in [0, 0.1) is 0 Å². The Kier molecular flexibility index (Phi) is 3.08. The van der Waals surface area contributed by atoms with E-state index in [4.69, 9.17) is 0 Å². The van der Waals surface area contributed by atoms with E-state index >= 15 is 0 Å². The molecule has 0 amide bonds. The lowest BCUT2D eigenvalue weighted by Gasteiger charge is -2.10. The normalized spacial score (nSPS) is 11.0. The highest BCUT2D eigenvalue weighted by Crippen LogP contribution is 2.19. The fourth-order valence-electron chi connectivity index (χ4n) is 1.90. The van der Waals surface area contributed by atoms with Crippen molar-refractivity contribution in [2.75, 3.05) is 5.75 Å². The number of H-pyrrole nitrogens is 1. The summed E-state index contributed by atoms with van der Waals surface area (Å²) in [4.78, 5) is 23.9. The zero-order chi connectivity index (χ0) is 13.2. The number of nitrogens with one attached hydrogen (secondary N) is 1. The molecule has 19 heavy (non-hydrogen) atoms. The topological polar surface area (TPSA) is 63.6 Å². The lowest BCUT2D eigenvalue weighted by atomic mass is 10.3. The van der Waals surface area contributed by atoms with Gasteiger partial charge in [-0.2, -0.15) is 0 Å². The number of nitrogens with zero attached hydrogens (tertiary/aromatic N) is 3. The summed E-state index contributed by atoms with van der Waals surface area (Å²) in [6, 6.07) is 9.51. The first-order valence-electron chi connectivity index (χ1n) is 5.95. The number of aromatic nitrogens is 4. The SMILES string of the molecule is CCSc1nc2nc[nH]c2c(=O)n1-c1ccccc1. The smallest absolute Gasteiger partial charge is 0.284 e. The van der Waals surface area contributed by atoms with Crippen LogP contribution >= 0.6 is 11.8 Å². The van der Waals surface area contributed by atoms with E-state index in [1.54, 1.807) is 4.57 Å².